The number of fused-ring (bicyclic) bond motifs is 1. The van der Waals surface area contributed by atoms with Crippen molar-refractivity contribution in [2.45, 2.75) is 26.7 Å². The van der Waals surface area contributed by atoms with Crippen molar-refractivity contribution in [1.82, 2.24) is 4.98 Å². The Bertz CT molecular complexity index is 429. The van der Waals surface area contributed by atoms with Gasteiger partial charge in [-0.05, 0) is 24.6 Å². The average molecular weight is 175 g/mol. The Balaban J connectivity index is 2.62. The topological polar surface area (TPSA) is 26.0 Å². The Morgan fingerprint density at radius 3 is 2.77 bits per heavy atom. The summed E-state index contributed by atoms with van der Waals surface area (Å²) in [6.07, 6.45) is 0. The van der Waals surface area contributed by atoms with Crippen LogP contribution in [0, 0.1) is 6.92 Å². The van der Waals surface area contributed by atoms with Crippen LogP contribution in [-0.4, -0.2) is 4.98 Å². The second kappa shape index (κ2) is 2.87. The molecule has 0 aliphatic heterocycles. The molecule has 2 heteroatoms. The van der Waals surface area contributed by atoms with Crippen LogP contribution in [0.15, 0.2) is 22.6 Å². The summed E-state index contributed by atoms with van der Waals surface area (Å²) in [4.78, 5) is 4.41. The van der Waals surface area contributed by atoms with Crippen molar-refractivity contribution >= 4 is 11.1 Å². The van der Waals surface area contributed by atoms with E-state index in [0.29, 0.717) is 5.92 Å². The zero-order chi connectivity index (χ0) is 9.42. The van der Waals surface area contributed by atoms with Gasteiger partial charge in [0.15, 0.2) is 11.5 Å². The lowest BCUT2D eigenvalue weighted by molar-refractivity contribution is 0.501. The minimum Gasteiger partial charge on any atom is -0.440 e. The van der Waals surface area contributed by atoms with Gasteiger partial charge < -0.3 is 4.42 Å². The van der Waals surface area contributed by atoms with Crippen molar-refractivity contribution in [3.8, 4) is 0 Å². The summed E-state index contributed by atoms with van der Waals surface area (Å²) in [7, 11) is 0. The molecule has 0 aliphatic rings. The van der Waals surface area contributed by atoms with Crippen molar-refractivity contribution in [2.75, 3.05) is 0 Å². The minimum atomic E-state index is 0.354. The number of hydrogen-bond donors (Lipinski definition) is 0. The van der Waals surface area contributed by atoms with Gasteiger partial charge in [0.05, 0.1) is 0 Å². The van der Waals surface area contributed by atoms with Crippen LogP contribution in [0.2, 0.25) is 0 Å². The molecular formula is C11H13NO. The van der Waals surface area contributed by atoms with Gasteiger partial charge in [-0.2, -0.15) is 0 Å². The van der Waals surface area contributed by atoms with Crippen LogP contribution in [0.1, 0.15) is 31.2 Å². The molecule has 1 aromatic carbocycles. The molecule has 0 spiro atoms. The van der Waals surface area contributed by atoms with Gasteiger partial charge in [0, 0.05) is 5.92 Å². The summed E-state index contributed by atoms with van der Waals surface area (Å²) >= 11 is 0. The monoisotopic (exact) mass is 175 g/mol. The maximum atomic E-state index is 5.57. The lowest BCUT2D eigenvalue weighted by Gasteiger charge is -1.93. The Kier molecular flexibility index (Phi) is 1.83. The number of rotatable bonds is 1. The van der Waals surface area contributed by atoms with Crippen molar-refractivity contribution in [3.63, 3.8) is 0 Å². The van der Waals surface area contributed by atoms with E-state index >= 15 is 0 Å². The highest BCUT2D eigenvalue weighted by Crippen LogP contribution is 2.21. The number of aryl methyl sites for hydroxylation is 1. The smallest absolute Gasteiger partial charge is 0.198 e. The fourth-order valence-corrected chi connectivity index (χ4v) is 1.30. The molecule has 0 unspecified atom stereocenters. The Morgan fingerprint density at radius 1 is 1.31 bits per heavy atom. The summed E-state index contributed by atoms with van der Waals surface area (Å²) in [5, 5.41) is 0. The third kappa shape index (κ3) is 1.44. The first-order chi connectivity index (χ1) is 6.16. The maximum Gasteiger partial charge on any atom is 0.198 e. The van der Waals surface area contributed by atoms with Crippen LogP contribution < -0.4 is 0 Å². The molecular weight excluding hydrogens is 162 g/mol. The molecule has 2 nitrogen and oxygen atoms in total. The first-order valence-electron chi connectivity index (χ1n) is 4.54. The van der Waals surface area contributed by atoms with Gasteiger partial charge in [0.2, 0.25) is 0 Å². The highest BCUT2D eigenvalue weighted by molar-refractivity contribution is 5.73. The van der Waals surface area contributed by atoms with E-state index in [0.717, 1.165) is 17.0 Å². The first-order valence-corrected chi connectivity index (χ1v) is 4.54. The predicted molar refractivity (Wildman–Crippen MR) is 52.8 cm³/mol. The standard InChI is InChI=1S/C11H13NO/c1-7(2)11-12-9-6-8(3)4-5-10(9)13-11/h4-7H,1-3H3. The fraction of sp³-hybridized carbons (Fsp3) is 0.364. The van der Waals surface area contributed by atoms with Crippen LogP contribution in [0.25, 0.3) is 11.1 Å². The number of aromatic nitrogens is 1. The zero-order valence-corrected chi connectivity index (χ0v) is 8.16. The molecule has 0 aliphatic carbocycles. The fourth-order valence-electron chi connectivity index (χ4n) is 1.30. The van der Waals surface area contributed by atoms with Gasteiger partial charge in [0.1, 0.15) is 5.52 Å². The van der Waals surface area contributed by atoms with Crippen molar-refractivity contribution in [1.29, 1.82) is 0 Å². The number of benzene rings is 1. The number of nitrogens with zero attached hydrogens (tertiary/aromatic N) is 1. The highest BCUT2D eigenvalue weighted by Gasteiger charge is 2.08. The first kappa shape index (κ1) is 8.30. The molecule has 0 radical (unpaired) electrons. The summed E-state index contributed by atoms with van der Waals surface area (Å²) in [6.45, 7) is 6.22. The van der Waals surface area contributed by atoms with Crippen LogP contribution in [0.3, 0.4) is 0 Å². The molecule has 0 amide bonds. The lowest BCUT2D eigenvalue weighted by Crippen LogP contribution is -1.84. The second-order valence-electron chi connectivity index (χ2n) is 3.68. The molecule has 0 fully saturated rings. The molecule has 2 aromatic rings. The molecule has 0 saturated heterocycles. The van der Waals surface area contributed by atoms with E-state index in [2.05, 4.69) is 25.8 Å². The van der Waals surface area contributed by atoms with E-state index in [1.165, 1.54) is 5.56 Å². The molecule has 13 heavy (non-hydrogen) atoms. The van der Waals surface area contributed by atoms with Gasteiger partial charge in [-0.25, -0.2) is 4.98 Å². The number of hydrogen-bond acceptors (Lipinski definition) is 2. The number of oxazole rings is 1. The molecule has 0 saturated carbocycles. The van der Waals surface area contributed by atoms with Crippen molar-refractivity contribution in [3.05, 3.63) is 29.7 Å². The Morgan fingerprint density at radius 2 is 2.08 bits per heavy atom. The van der Waals surface area contributed by atoms with Gasteiger partial charge >= 0.3 is 0 Å². The molecule has 0 bridgehead atoms. The van der Waals surface area contributed by atoms with E-state index in [1.54, 1.807) is 0 Å². The van der Waals surface area contributed by atoms with Crippen LogP contribution in [0.5, 0.6) is 0 Å². The SMILES string of the molecule is Cc1ccc2oc(C(C)C)nc2c1. The molecule has 2 rings (SSSR count). The van der Waals surface area contributed by atoms with Crippen LogP contribution >= 0.6 is 0 Å². The van der Waals surface area contributed by atoms with E-state index < -0.39 is 0 Å². The Hall–Kier alpha value is -1.31. The molecule has 1 heterocycles. The average Bonchev–Trinajstić information content (AvgIpc) is 2.46. The van der Waals surface area contributed by atoms with Gasteiger partial charge in [-0.1, -0.05) is 19.9 Å². The summed E-state index contributed by atoms with van der Waals surface area (Å²) in [6, 6.07) is 6.06. The Labute approximate surface area is 77.6 Å². The summed E-state index contributed by atoms with van der Waals surface area (Å²) in [5.41, 5.74) is 3.06. The van der Waals surface area contributed by atoms with E-state index in [-0.39, 0.29) is 0 Å². The maximum absolute atomic E-state index is 5.57. The quantitative estimate of drug-likeness (QED) is 0.664. The van der Waals surface area contributed by atoms with Crippen LogP contribution in [-0.2, 0) is 0 Å². The predicted octanol–water partition coefficient (Wildman–Crippen LogP) is 3.26. The van der Waals surface area contributed by atoms with Gasteiger partial charge in [-0.15, -0.1) is 0 Å². The van der Waals surface area contributed by atoms with Gasteiger partial charge in [-0.3, -0.25) is 0 Å². The third-order valence-electron chi connectivity index (χ3n) is 2.05. The molecule has 1 aromatic heterocycles. The van der Waals surface area contributed by atoms with Gasteiger partial charge in [0.25, 0.3) is 0 Å². The van der Waals surface area contributed by atoms with Crippen molar-refractivity contribution < 1.29 is 4.42 Å². The largest absolute Gasteiger partial charge is 0.440 e. The summed E-state index contributed by atoms with van der Waals surface area (Å²) < 4.78 is 5.57. The molecule has 68 valence electrons. The minimum absolute atomic E-state index is 0.354. The summed E-state index contributed by atoms with van der Waals surface area (Å²) in [5.74, 6) is 1.17. The normalized spacial score (nSPS) is 11.4. The third-order valence-corrected chi connectivity index (χ3v) is 2.05. The molecule has 0 N–H and O–H groups in total. The zero-order valence-electron chi connectivity index (χ0n) is 8.16. The van der Waals surface area contributed by atoms with E-state index in [4.69, 9.17) is 4.42 Å². The molecule has 0 atom stereocenters. The van der Waals surface area contributed by atoms with Crippen molar-refractivity contribution in [2.24, 2.45) is 0 Å². The van der Waals surface area contributed by atoms with E-state index in [1.807, 2.05) is 18.2 Å². The lowest BCUT2D eigenvalue weighted by atomic mass is 10.2. The van der Waals surface area contributed by atoms with Crippen LogP contribution in [0.4, 0.5) is 0 Å². The second-order valence-corrected chi connectivity index (χ2v) is 3.68. The van der Waals surface area contributed by atoms with E-state index in [9.17, 15) is 0 Å². The highest BCUT2D eigenvalue weighted by atomic mass is 16.3.